The van der Waals surface area contributed by atoms with Crippen LogP contribution in [0, 0.1) is 34.5 Å². The first-order chi connectivity index (χ1) is 15.1. The summed E-state index contributed by atoms with van der Waals surface area (Å²) in [4.78, 5) is 8.28. The topological polar surface area (TPSA) is 56.2 Å². The number of rotatable bonds is 8. The van der Waals surface area contributed by atoms with E-state index in [-0.39, 0.29) is 11.5 Å². The van der Waals surface area contributed by atoms with Gasteiger partial charge in [0.15, 0.2) is 0 Å². The maximum absolute atomic E-state index is 12.3. The van der Waals surface area contributed by atoms with Crippen LogP contribution < -0.4 is 0 Å². The lowest BCUT2D eigenvalue weighted by Gasteiger charge is -2.63. The number of aliphatic hydroxyl groups excluding tert-OH is 1. The van der Waals surface area contributed by atoms with Crippen molar-refractivity contribution in [2.24, 2.45) is 34.5 Å². The maximum Gasteiger partial charge on any atom is 0.0735 e. The molecule has 5 nitrogen and oxygen atoms in total. The van der Waals surface area contributed by atoms with Gasteiger partial charge in [-0.3, -0.25) is 4.84 Å². The van der Waals surface area contributed by atoms with Crippen molar-refractivity contribution in [2.45, 2.75) is 96.2 Å². The Kier molecular flexibility index (Phi) is 7.36. The summed E-state index contributed by atoms with van der Waals surface area (Å²) in [6.45, 7) is 7.72. The highest BCUT2D eigenvalue weighted by Gasteiger charge is 2.67. The molecule has 4 saturated carbocycles. The van der Waals surface area contributed by atoms with Gasteiger partial charge in [0.1, 0.15) is 0 Å². The van der Waals surface area contributed by atoms with E-state index in [1.807, 2.05) is 0 Å². The lowest BCUT2D eigenvalue weighted by molar-refractivity contribution is -0.218. The van der Waals surface area contributed by atoms with Crippen molar-refractivity contribution in [3.63, 3.8) is 0 Å². The highest BCUT2D eigenvalue weighted by Crippen LogP contribution is 2.69. The van der Waals surface area contributed by atoms with E-state index >= 15 is 0 Å². The average Bonchev–Trinajstić information content (AvgIpc) is 2.99. The predicted molar refractivity (Wildman–Crippen MR) is 129 cm³/mol. The monoisotopic (exact) mass is 450 g/mol. The summed E-state index contributed by atoms with van der Waals surface area (Å²) in [5.74, 6) is 2.19. The minimum absolute atomic E-state index is 0.00587. The van der Waals surface area contributed by atoms with Crippen LogP contribution in [0.2, 0.25) is 0 Å². The third kappa shape index (κ3) is 4.30. The second kappa shape index (κ2) is 9.45. The van der Waals surface area contributed by atoms with Gasteiger partial charge < -0.3 is 15.1 Å². The second-order valence-corrected chi connectivity index (χ2v) is 12.7. The van der Waals surface area contributed by atoms with Crippen LogP contribution in [0.1, 0.15) is 84.5 Å². The molecule has 0 saturated heterocycles. The molecular weight excluding hydrogens is 400 g/mol. The van der Waals surface area contributed by atoms with Crippen molar-refractivity contribution in [3.8, 4) is 0 Å². The molecule has 0 aliphatic heterocycles. The normalized spacial score (nSPS) is 46.2. The van der Waals surface area contributed by atoms with E-state index in [0.29, 0.717) is 29.1 Å². The van der Waals surface area contributed by atoms with Gasteiger partial charge in [0.2, 0.25) is 0 Å². The van der Waals surface area contributed by atoms with Crippen molar-refractivity contribution < 1.29 is 15.1 Å². The molecule has 0 radical (unpaired) electrons. The van der Waals surface area contributed by atoms with Gasteiger partial charge in [-0.2, -0.15) is 5.06 Å². The summed E-state index contributed by atoms with van der Waals surface area (Å²) in [5.41, 5.74) is -0.227. The third-order valence-corrected chi connectivity index (χ3v) is 10.8. The quantitative estimate of drug-likeness (QED) is 0.426. The van der Waals surface area contributed by atoms with E-state index in [2.05, 4.69) is 45.0 Å². The van der Waals surface area contributed by atoms with E-state index < -0.39 is 5.60 Å². The fourth-order valence-corrected chi connectivity index (χ4v) is 8.72. The molecule has 4 aliphatic carbocycles. The Morgan fingerprint density at radius 2 is 1.69 bits per heavy atom. The molecule has 186 valence electrons. The van der Waals surface area contributed by atoms with Crippen molar-refractivity contribution in [1.82, 2.24) is 9.96 Å². The number of unbranched alkanes of at least 4 members (excludes halogenated alkanes) is 1. The number of hydrogen-bond acceptors (Lipinski definition) is 5. The van der Waals surface area contributed by atoms with E-state index in [1.165, 1.54) is 19.3 Å². The first-order valence-corrected chi connectivity index (χ1v) is 13.5. The molecule has 0 amide bonds. The van der Waals surface area contributed by atoms with Gasteiger partial charge in [-0.15, -0.1) is 0 Å². The largest absolute Gasteiger partial charge is 0.393 e. The molecule has 0 bridgehead atoms. The lowest BCUT2D eigenvalue weighted by Crippen LogP contribution is -2.62. The first-order valence-electron chi connectivity index (χ1n) is 13.5. The molecule has 4 aliphatic rings. The van der Waals surface area contributed by atoms with Gasteiger partial charge in [0, 0.05) is 19.0 Å². The Labute approximate surface area is 196 Å². The van der Waals surface area contributed by atoms with Crippen LogP contribution in [0.25, 0.3) is 0 Å². The fourth-order valence-electron chi connectivity index (χ4n) is 8.72. The van der Waals surface area contributed by atoms with Crippen LogP contribution >= 0.6 is 0 Å². The highest BCUT2D eigenvalue weighted by atomic mass is 16.7. The zero-order chi connectivity index (χ0) is 23.1. The Morgan fingerprint density at radius 3 is 2.44 bits per heavy atom. The number of hydrogen-bond donors (Lipinski definition) is 2. The molecule has 0 heterocycles. The maximum atomic E-state index is 12.3. The molecule has 32 heavy (non-hydrogen) atoms. The average molecular weight is 451 g/mol. The van der Waals surface area contributed by atoms with Crippen LogP contribution in [0.5, 0.6) is 0 Å². The molecule has 0 spiro atoms. The van der Waals surface area contributed by atoms with E-state index in [4.69, 9.17) is 4.84 Å². The zero-order valence-corrected chi connectivity index (χ0v) is 21.5. The Hall–Kier alpha value is -0.200. The first kappa shape index (κ1) is 24.9. The molecule has 0 aromatic carbocycles. The number of fused-ring (bicyclic) bond motifs is 5. The fraction of sp³-hybridized carbons (Fsp3) is 1.00. The lowest BCUT2D eigenvalue weighted by atomic mass is 9.43. The van der Waals surface area contributed by atoms with Crippen molar-refractivity contribution in [2.75, 3.05) is 40.8 Å². The molecule has 8 atom stereocenters. The van der Waals surface area contributed by atoms with Gasteiger partial charge in [0.05, 0.1) is 18.3 Å². The Bertz CT molecular complexity index is 644. The predicted octanol–water partition coefficient (Wildman–Crippen LogP) is 4.33. The van der Waals surface area contributed by atoms with Crippen molar-refractivity contribution in [3.05, 3.63) is 0 Å². The molecule has 4 fully saturated rings. The number of nitrogens with zero attached hydrogens (tertiary/aromatic N) is 2. The van der Waals surface area contributed by atoms with Crippen LogP contribution in [0.15, 0.2) is 0 Å². The molecular formula is C27H50N2O3. The molecule has 4 rings (SSSR count). The van der Waals surface area contributed by atoms with Crippen molar-refractivity contribution in [1.29, 1.82) is 0 Å². The summed E-state index contributed by atoms with van der Waals surface area (Å²) in [6, 6.07) is 0. The minimum atomic E-state index is -0.531. The van der Waals surface area contributed by atoms with Crippen LogP contribution in [0.3, 0.4) is 0 Å². The molecule has 0 aromatic rings. The second-order valence-electron chi connectivity index (χ2n) is 12.7. The zero-order valence-electron chi connectivity index (χ0n) is 21.5. The highest BCUT2D eigenvalue weighted by molar-refractivity contribution is 5.16. The summed E-state index contributed by atoms with van der Waals surface area (Å²) in [5, 5.41) is 24.6. The smallest absolute Gasteiger partial charge is 0.0735 e. The van der Waals surface area contributed by atoms with Gasteiger partial charge in [0.25, 0.3) is 0 Å². The summed E-state index contributed by atoms with van der Waals surface area (Å²) < 4.78 is 0. The number of hydroxylamine groups is 2. The molecule has 0 unspecified atom stereocenters. The van der Waals surface area contributed by atoms with Gasteiger partial charge >= 0.3 is 0 Å². The van der Waals surface area contributed by atoms with Gasteiger partial charge in [-0.05, 0) is 120 Å². The van der Waals surface area contributed by atoms with Gasteiger partial charge in [-0.25, -0.2) is 0 Å². The standard InChI is InChI=1S/C27H50N2O3/c1-25-13-11-22(30)18-20(25)8-9-24-23(25)12-14-26(2)21(10-15-27(24,26)31)19-29(5)32-17-7-6-16-28(3)4/h20-24,30-31H,6-19H2,1-5H3/t20-,21-,22+,23+,24-,25+,26-,27+/m1/s1. The Balaban J connectivity index is 1.38. The minimum Gasteiger partial charge on any atom is -0.393 e. The summed E-state index contributed by atoms with van der Waals surface area (Å²) in [7, 11) is 6.32. The SMILES string of the molecule is CN(C)CCCCON(C)C[C@H]1CC[C@]2(O)[C@@H]3CC[C@@H]4C[C@@H](O)CC[C@]4(C)[C@H]3CC[C@]12C. The van der Waals surface area contributed by atoms with Crippen LogP contribution in [0.4, 0.5) is 0 Å². The summed E-state index contributed by atoms with van der Waals surface area (Å²) >= 11 is 0. The van der Waals surface area contributed by atoms with E-state index in [1.54, 1.807) is 0 Å². The van der Waals surface area contributed by atoms with Crippen molar-refractivity contribution >= 4 is 0 Å². The molecule has 2 N–H and O–H groups in total. The number of aliphatic hydroxyl groups is 2. The molecule has 5 heteroatoms. The van der Waals surface area contributed by atoms with Gasteiger partial charge in [-0.1, -0.05) is 13.8 Å². The Morgan fingerprint density at radius 1 is 0.906 bits per heavy atom. The van der Waals surface area contributed by atoms with Crippen LogP contribution in [-0.2, 0) is 4.84 Å². The van der Waals surface area contributed by atoms with E-state index in [0.717, 1.165) is 71.1 Å². The van der Waals surface area contributed by atoms with Crippen LogP contribution in [-0.4, -0.2) is 72.7 Å². The third-order valence-electron chi connectivity index (χ3n) is 10.8. The molecule has 0 aromatic heterocycles. The summed E-state index contributed by atoms with van der Waals surface area (Å²) in [6.07, 6.45) is 12.0. The van der Waals surface area contributed by atoms with E-state index in [9.17, 15) is 10.2 Å².